The fourth-order valence-corrected chi connectivity index (χ4v) is 3.83. The summed E-state index contributed by atoms with van der Waals surface area (Å²) in [5, 5.41) is 5.74. The molecule has 0 radical (unpaired) electrons. The van der Waals surface area contributed by atoms with Crippen molar-refractivity contribution in [2.24, 2.45) is 0 Å². The molecule has 0 saturated carbocycles. The number of anilines is 3. The molecule has 0 aliphatic rings. The molecule has 2 aromatic carbocycles. The Hall–Kier alpha value is -4.66. The minimum absolute atomic E-state index is 0.162. The van der Waals surface area contributed by atoms with Gasteiger partial charge in [-0.15, -0.1) is 0 Å². The van der Waals surface area contributed by atoms with Crippen molar-refractivity contribution in [3.05, 3.63) is 110 Å². The first-order valence-electron chi connectivity index (χ1n) is 11.4. The molecule has 2 heterocycles. The summed E-state index contributed by atoms with van der Waals surface area (Å²) in [5.74, 6) is -0.274. The van der Waals surface area contributed by atoms with Crippen LogP contribution in [0.2, 0.25) is 0 Å². The average Bonchev–Trinajstić information content (AvgIpc) is 2.92. The molecule has 36 heavy (non-hydrogen) atoms. The van der Waals surface area contributed by atoms with Crippen LogP contribution in [0.4, 0.5) is 17.1 Å². The molecule has 9 heteroatoms. The maximum absolute atomic E-state index is 12.3. The van der Waals surface area contributed by atoms with Gasteiger partial charge in [-0.05, 0) is 60.4 Å². The second-order valence-electron chi connectivity index (χ2n) is 8.39. The van der Waals surface area contributed by atoms with Crippen molar-refractivity contribution in [3.63, 3.8) is 0 Å². The number of aldehydes is 1. The minimum Gasteiger partial charge on any atom is -0.370 e. The van der Waals surface area contributed by atoms with Gasteiger partial charge in [0.05, 0.1) is 11.6 Å². The first-order chi connectivity index (χ1) is 17.5. The molecule has 1 amide bonds. The smallest absolute Gasteiger partial charge is 0.257 e. The summed E-state index contributed by atoms with van der Waals surface area (Å²) in [7, 11) is 1.75. The Morgan fingerprint density at radius 1 is 0.972 bits per heavy atom. The minimum atomic E-state index is -0.698. The predicted octanol–water partition coefficient (Wildman–Crippen LogP) is 2.23. The van der Waals surface area contributed by atoms with Crippen LogP contribution in [0.5, 0.6) is 0 Å². The second kappa shape index (κ2) is 11.2. The van der Waals surface area contributed by atoms with Gasteiger partial charge in [-0.25, -0.2) is 0 Å². The van der Waals surface area contributed by atoms with E-state index in [4.69, 9.17) is 0 Å². The van der Waals surface area contributed by atoms with Crippen molar-refractivity contribution in [3.8, 4) is 0 Å². The van der Waals surface area contributed by atoms with Crippen LogP contribution >= 0.6 is 0 Å². The summed E-state index contributed by atoms with van der Waals surface area (Å²) < 4.78 is 0. The van der Waals surface area contributed by atoms with E-state index in [2.05, 4.69) is 20.6 Å². The largest absolute Gasteiger partial charge is 0.370 e. The van der Waals surface area contributed by atoms with E-state index in [0.29, 0.717) is 30.6 Å². The molecule has 4 rings (SSSR count). The molecule has 0 saturated heterocycles. The van der Waals surface area contributed by atoms with Crippen LogP contribution in [-0.4, -0.2) is 41.8 Å². The summed E-state index contributed by atoms with van der Waals surface area (Å²) >= 11 is 0. The van der Waals surface area contributed by atoms with Gasteiger partial charge < -0.3 is 20.3 Å². The van der Waals surface area contributed by atoms with Gasteiger partial charge in [-0.1, -0.05) is 12.1 Å². The average molecular weight is 484 g/mol. The molecule has 0 bridgehead atoms. The van der Waals surface area contributed by atoms with Crippen LogP contribution < -0.4 is 26.4 Å². The van der Waals surface area contributed by atoms with Gasteiger partial charge >= 0.3 is 0 Å². The van der Waals surface area contributed by atoms with Gasteiger partial charge in [0, 0.05) is 44.1 Å². The highest BCUT2D eigenvalue weighted by Gasteiger charge is 2.26. The molecule has 0 fully saturated rings. The molecule has 2 N–H and O–H groups in total. The first-order valence-corrected chi connectivity index (χ1v) is 11.4. The maximum atomic E-state index is 12.3. The standard InChI is InChI=1S/C27H25N5O4/c1-32(14-10-18-8-12-28-13-9-18)24-23(25(34)26(24)35)30-22(17-33)15-19-4-6-21(7-5-19)31-27(36)20-3-2-11-29-16-20/h2-9,11-13,16-17,22,30H,10,14-15H2,1H3,(H,31,36). The Morgan fingerprint density at radius 3 is 2.39 bits per heavy atom. The third-order valence-corrected chi connectivity index (χ3v) is 5.84. The molecule has 0 aliphatic carbocycles. The van der Waals surface area contributed by atoms with Crippen molar-refractivity contribution in [2.45, 2.75) is 18.9 Å². The molecular formula is C27H25N5O4. The number of hydrogen-bond donors (Lipinski definition) is 2. The SMILES string of the molecule is CN(CCc1ccncc1)c1c(NC(C=O)Cc2ccc(NC(=O)c3cccnc3)cc2)c(=O)c1=O. The second-order valence-corrected chi connectivity index (χ2v) is 8.39. The van der Waals surface area contributed by atoms with Crippen molar-refractivity contribution in [1.29, 1.82) is 0 Å². The Kier molecular flexibility index (Phi) is 7.60. The highest BCUT2D eigenvalue weighted by atomic mass is 16.2. The Balaban J connectivity index is 1.37. The third-order valence-electron chi connectivity index (χ3n) is 5.84. The van der Waals surface area contributed by atoms with Gasteiger partial charge in [-0.2, -0.15) is 0 Å². The van der Waals surface area contributed by atoms with Crippen LogP contribution in [0.25, 0.3) is 0 Å². The number of carbonyl (C=O) groups is 2. The summed E-state index contributed by atoms with van der Waals surface area (Å²) in [6, 6.07) is 13.5. The maximum Gasteiger partial charge on any atom is 0.257 e. The normalized spacial score (nSPS) is 11.6. The highest BCUT2D eigenvalue weighted by molar-refractivity contribution is 6.04. The van der Waals surface area contributed by atoms with Gasteiger partial charge in [-0.3, -0.25) is 24.4 Å². The van der Waals surface area contributed by atoms with E-state index in [1.807, 2.05) is 12.1 Å². The zero-order chi connectivity index (χ0) is 25.5. The zero-order valence-electron chi connectivity index (χ0n) is 19.7. The number of nitrogens with zero attached hydrogens (tertiary/aromatic N) is 3. The number of hydrogen-bond acceptors (Lipinski definition) is 8. The molecule has 1 unspecified atom stereocenters. The van der Waals surface area contributed by atoms with Gasteiger partial charge in [0.2, 0.25) is 0 Å². The third kappa shape index (κ3) is 5.69. The number of rotatable bonds is 11. The lowest BCUT2D eigenvalue weighted by Gasteiger charge is -2.25. The topological polar surface area (TPSA) is 121 Å². The van der Waals surface area contributed by atoms with Crippen LogP contribution in [0.15, 0.2) is 82.9 Å². The Bertz CT molecular complexity index is 1400. The van der Waals surface area contributed by atoms with E-state index in [9.17, 15) is 19.2 Å². The molecule has 0 aliphatic heterocycles. The van der Waals surface area contributed by atoms with Crippen molar-refractivity contribution >= 4 is 29.3 Å². The van der Waals surface area contributed by atoms with Crippen molar-refractivity contribution < 1.29 is 9.59 Å². The molecular weight excluding hydrogens is 458 g/mol. The zero-order valence-corrected chi connectivity index (χ0v) is 19.7. The van der Waals surface area contributed by atoms with Gasteiger partial charge in [0.1, 0.15) is 17.7 Å². The Morgan fingerprint density at radius 2 is 1.72 bits per heavy atom. The van der Waals surface area contributed by atoms with E-state index < -0.39 is 16.9 Å². The lowest BCUT2D eigenvalue weighted by Crippen LogP contribution is -2.44. The van der Waals surface area contributed by atoms with Crippen LogP contribution in [-0.2, 0) is 17.6 Å². The number of benzene rings is 1. The van der Waals surface area contributed by atoms with Crippen molar-refractivity contribution in [2.75, 3.05) is 29.1 Å². The monoisotopic (exact) mass is 483 g/mol. The summed E-state index contributed by atoms with van der Waals surface area (Å²) in [6.07, 6.45) is 8.18. The fraction of sp³-hybridized carbons (Fsp3) is 0.185. The van der Waals surface area contributed by atoms with Crippen LogP contribution in [0.1, 0.15) is 21.5 Å². The van der Waals surface area contributed by atoms with Crippen LogP contribution in [0.3, 0.4) is 0 Å². The van der Waals surface area contributed by atoms with E-state index >= 15 is 0 Å². The Labute approximate surface area is 207 Å². The first kappa shape index (κ1) is 24.5. The van der Waals surface area contributed by atoms with E-state index in [1.54, 1.807) is 66.9 Å². The number of likely N-dealkylation sites (N-methyl/N-ethyl adjacent to an activating group) is 1. The predicted molar refractivity (Wildman–Crippen MR) is 138 cm³/mol. The fourth-order valence-electron chi connectivity index (χ4n) is 3.83. The van der Waals surface area contributed by atoms with E-state index in [0.717, 1.165) is 17.4 Å². The summed E-state index contributed by atoms with van der Waals surface area (Å²) in [4.78, 5) is 58.2. The molecule has 0 spiro atoms. The lowest BCUT2D eigenvalue weighted by molar-refractivity contribution is -0.108. The van der Waals surface area contributed by atoms with E-state index in [-0.39, 0.29) is 17.3 Å². The van der Waals surface area contributed by atoms with Gasteiger partial charge in [0.25, 0.3) is 16.8 Å². The van der Waals surface area contributed by atoms with E-state index in [1.165, 1.54) is 6.20 Å². The van der Waals surface area contributed by atoms with Crippen LogP contribution in [0, 0.1) is 0 Å². The van der Waals surface area contributed by atoms with Crippen molar-refractivity contribution in [1.82, 2.24) is 9.97 Å². The molecule has 182 valence electrons. The quantitative estimate of drug-likeness (QED) is 0.246. The molecule has 1 atom stereocenters. The summed E-state index contributed by atoms with van der Waals surface area (Å²) in [6.45, 7) is 0.529. The number of pyridine rings is 2. The number of carbonyl (C=O) groups excluding carboxylic acids is 2. The summed E-state index contributed by atoms with van der Waals surface area (Å²) in [5.41, 5.74) is 2.20. The molecule has 4 aromatic rings. The number of amides is 1. The highest BCUT2D eigenvalue weighted by Crippen LogP contribution is 2.21. The number of nitrogens with one attached hydrogen (secondary N) is 2. The lowest BCUT2D eigenvalue weighted by atomic mass is 10.0. The molecule has 2 aromatic heterocycles. The van der Waals surface area contributed by atoms with Gasteiger partial charge in [0.15, 0.2) is 0 Å². The number of aromatic nitrogens is 2. The molecule has 9 nitrogen and oxygen atoms in total.